The third-order valence-corrected chi connectivity index (χ3v) is 2.95. The molecule has 2 aromatic rings. The Morgan fingerprint density at radius 3 is 2.84 bits per heavy atom. The zero-order valence-electron chi connectivity index (χ0n) is 11.3. The molecule has 2 aromatic heterocycles. The lowest BCUT2D eigenvalue weighted by Crippen LogP contribution is -2.36. The molecular weight excluding hydrogens is 246 g/mol. The standard InChI is InChI=1S/C13H17N3O3/c1-9-12(10(2)19-15-9)7-16(3)13(17)14-6-11-4-5-18-8-11/h4-5,8H,6-7H2,1-3H3,(H,14,17). The molecule has 0 spiro atoms. The molecule has 2 amide bonds. The molecule has 0 aliphatic carbocycles. The summed E-state index contributed by atoms with van der Waals surface area (Å²) in [4.78, 5) is 13.5. The number of urea groups is 1. The maximum absolute atomic E-state index is 11.9. The average Bonchev–Trinajstić information content (AvgIpc) is 3.00. The van der Waals surface area contributed by atoms with Crippen molar-refractivity contribution >= 4 is 6.03 Å². The summed E-state index contributed by atoms with van der Waals surface area (Å²) < 4.78 is 10.0. The summed E-state index contributed by atoms with van der Waals surface area (Å²) in [5.74, 6) is 0.743. The van der Waals surface area contributed by atoms with Gasteiger partial charge in [0.05, 0.1) is 24.8 Å². The van der Waals surface area contributed by atoms with Crippen LogP contribution < -0.4 is 5.32 Å². The van der Waals surface area contributed by atoms with Crippen LogP contribution in [-0.2, 0) is 13.1 Å². The SMILES string of the molecule is Cc1noc(C)c1CN(C)C(=O)NCc1ccoc1. The van der Waals surface area contributed by atoms with Gasteiger partial charge in [-0.05, 0) is 19.9 Å². The van der Waals surface area contributed by atoms with E-state index in [-0.39, 0.29) is 6.03 Å². The molecule has 6 heteroatoms. The van der Waals surface area contributed by atoms with Crippen molar-refractivity contribution in [2.75, 3.05) is 7.05 Å². The van der Waals surface area contributed by atoms with E-state index in [4.69, 9.17) is 8.94 Å². The lowest BCUT2D eigenvalue weighted by atomic mass is 10.2. The van der Waals surface area contributed by atoms with Crippen molar-refractivity contribution in [3.8, 4) is 0 Å². The zero-order valence-corrected chi connectivity index (χ0v) is 11.3. The highest BCUT2D eigenvalue weighted by Gasteiger charge is 2.15. The van der Waals surface area contributed by atoms with Gasteiger partial charge < -0.3 is 19.2 Å². The van der Waals surface area contributed by atoms with Crippen molar-refractivity contribution in [1.29, 1.82) is 0 Å². The van der Waals surface area contributed by atoms with Gasteiger partial charge in [0.15, 0.2) is 0 Å². The highest BCUT2D eigenvalue weighted by atomic mass is 16.5. The van der Waals surface area contributed by atoms with Crippen LogP contribution in [0.2, 0.25) is 0 Å². The van der Waals surface area contributed by atoms with Gasteiger partial charge in [-0.1, -0.05) is 5.16 Å². The van der Waals surface area contributed by atoms with Gasteiger partial charge in [-0.15, -0.1) is 0 Å². The van der Waals surface area contributed by atoms with Crippen molar-refractivity contribution < 1.29 is 13.7 Å². The van der Waals surface area contributed by atoms with Crippen LogP contribution in [0.25, 0.3) is 0 Å². The number of hydrogen-bond donors (Lipinski definition) is 1. The number of carbonyl (C=O) groups excluding carboxylic acids is 1. The second-order valence-corrected chi connectivity index (χ2v) is 4.45. The minimum absolute atomic E-state index is 0.152. The Bertz CT molecular complexity index is 526. The van der Waals surface area contributed by atoms with E-state index in [1.54, 1.807) is 24.5 Å². The summed E-state index contributed by atoms with van der Waals surface area (Å²) in [5.41, 5.74) is 2.69. The molecule has 0 aliphatic heterocycles. The highest BCUT2D eigenvalue weighted by molar-refractivity contribution is 5.73. The summed E-state index contributed by atoms with van der Waals surface area (Å²) in [6.45, 7) is 4.62. The maximum Gasteiger partial charge on any atom is 0.317 e. The van der Waals surface area contributed by atoms with Gasteiger partial charge in [-0.25, -0.2) is 4.79 Å². The Hall–Kier alpha value is -2.24. The lowest BCUT2D eigenvalue weighted by Gasteiger charge is -2.17. The van der Waals surface area contributed by atoms with Gasteiger partial charge in [0.2, 0.25) is 0 Å². The fourth-order valence-electron chi connectivity index (χ4n) is 1.74. The molecule has 19 heavy (non-hydrogen) atoms. The Balaban J connectivity index is 1.89. The summed E-state index contributed by atoms with van der Waals surface area (Å²) >= 11 is 0. The van der Waals surface area contributed by atoms with E-state index in [1.807, 2.05) is 19.9 Å². The molecule has 0 unspecified atom stereocenters. The normalized spacial score (nSPS) is 10.5. The fourth-order valence-corrected chi connectivity index (χ4v) is 1.74. The molecule has 0 radical (unpaired) electrons. The average molecular weight is 263 g/mol. The molecule has 2 heterocycles. The lowest BCUT2D eigenvalue weighted by molar-refractivity contribution is 0.206. The van der Waals surface area contributed by atoms with Crippen LogP contribution in [0.4, 0.5) is 4.79 Å². The van der Waals surface area contributed by atoms with Gasteiger partial charge in [-0.2, -0.15) is 0 Å². The van der Waals surface area contributed by atoms with Crippen LogP contribution in [0.5, 0.6) is 0 Å². The predicted octanol–water partition coefficient (Wildman–Crippen LogP) is 2.23. The Morgan fingerprint density at radius 1 is 1.47 bits per heavy atom. The second kappa shape index (κ2) is 5.60. The summed E-state index contributed by atoms with van der Waals surface area (Å²) in [6, 6.07) is 1.66. The van der Waals surface area contributed by atoms with E-state index in [9.17, 15) is 4.79 Å². The van der Waals surface area contributed by atoms with Gasteiger partial charge in [0.25, 0.3) is 0 Å². The summed E-state index contributed by atoms with van der Waals surface area (Å²) in [5, 5.41) is 6.68. The predicted molar refractivity (Wildman–Crippen MR) is 68.4 cm³/mol. The number of aryl methyl sites for hydroxylation is 2. The third-order valence-electron chi connectivity index (χ3n) is 2.95. The molecule has 0 aromatic carbocycles. The number of nitrogens with one attached hydrogen (secondary N) is 1. The van der Waals surface area contributed by atoms with Crippen LogP contribution >= 0.6 is 0 Å². The number of furan rings is 1. The zero-order chi connectivity index (χ0) is 13.8. The van der Waals surface area contributed by atoms with E-state index in [0.29, 0.717) is 13.1 Å². The molecule has 0 atom stereocenters. The van der Waals surface area contributed by atoms with Crippen LogP contribution in [0, 0.1) is 13.8 Å². The van der Waals surface area contributed by atoms with Crippen LogP contribution in [-0.4, -0.2) is 23.1 Å². The molecule has 0 saturated carbocycles. The van der Waals surface area contributed by atoms with Gasteiger partial charge >= 0.3 is 6.03 Å². The second-order valence-electron chi connectivity index (χ2n) is 4.45. The molecule has 1 N–H and O–H groups in total. The van der Waals surface area contributed by atoms with Crippen LogP contribution in [0.3, 0.4) is 0 Å². The van der Waals surface area contributed by atoms with Gasteiger partial charge in [0, 0.05) is 24.7 Å². The molecule has 6 nitrogen and oxygen atoms in total. The molecule has 0 bridgehead atoms. The smallest absolute Gasteiger partial charge is 0.317 e. The van der Waals surface area contributed by atoms with E-state index >= 15 is 0 Å². The first-order chi connectivity index (χ1) is 9.08. The van der Waals surface area contributed by atoms with Gasteiger partial charge in [-0.3, -0.25) is 0 Å². The number of amides is 2. The molecular formula is C13H17N3O3. The number of hydrogen-bond acceptors (Lipinski definition) is 4. The minimum Gasteiger partial charge on any atom is -0.472 e. The van der Waals surface area contributed by atoms with Crippen molar-refractivity contribution in [2.45, 2.75) is 26.9 Å². The molecule has 0 saturated heterocycles. The number of aromatic nitrogens is 1. The Labute approximate surface area is 111 Å². The molecule has 0 aliphatic rings. The first-order valence-electron chi connectivity index (χ1n) is 5.99. The third kappa shape index (κ3) is 3.15. The molecule has 0 fully saturated rings. The quantitative estimate of drug-likeness (QED) is 0.918. The van der Waals surface area contributed by atoms with E-state index in [0.717, 1.165) is 22.6 Å². The van der Waals surface area contributed by atoms with E-state index in [1.165, 1.54) is 0 Å². The minimum atomic E-state index is -0.152. The Morgan fingerprint density at radius 2 is 2.26 bits per heavy atom. The summed E-state index contributed by atoms with van der Waals surface area (Å²) in [6.07, 6.45) is 3.18. The van der Waals surface area contributed by atoms with Crippen LogP contribution in [0.1, 0.15) is 22.6 Å². The fraction of sp³-hybridized carbons (Fsp3) is 0.385. The van der Waals surface area contributed by atoms with Gasteiger partial charge in [0.1, 0.15) is 5.76 Å². The number of rotatable bonds is 4. The topological polar surface area (TPSA) is 71.5 Å². The van der Waals surface area contributed by atoms with Crippen molar-refractivity contribution in [2.24, 2.45) is 0 Å². The largest absolute Gasteiger partial charge is 0.472 e. The first-order valence-corrected chi connectivity index (χ1v) is 5.99. The monoisotopic (exact) mass is 263 g/mol. The molecule has 2 rings (SSSR count). The van der Waals surface area contributed by atoms with Crippen molar-refractivity contribution in [3.05, 3.63) is 41.2 Å². The number of carbonyl (C=O) groups is 1. The Kier molecular flexibility index (Phi) is 3.89. The van der Waals surface area contributed by atoms with Crippen molar-refractivity contribution in [1.82, 2.24) is 15.4 Å². The van der Waals surface area contributed by atoms with E-state index < -0.39 is 0 Å². The summed E-state index contributed by atoms with van der Waals surface area (Å²) in [7, 11) is 1.73. The maximum atomic E-state index is 11.9. The molecule has 102 valence electrons. The highest BCUT2D eigenvalue weighted by Crippen LogP contribution is 2.14. The van der Waals surface area contributed by atoms with Crippen molar-refractivity contribution in [3.63, 3.8) is 0 Å². The van der Waals surface area contributed by atoms with Crippen LogP contribution in [0.15, 0.2) is 27.5 Å². The van der Waals surface area contributed by atoms with E-state index in [2.05, 4.69) is 10.5 Å². The first kappa shape index (κ1) is 13.2. The number of nitrogens with zero attached hydrogens (tertiary/aromatic N) is 2.